The van der Waals surface area contributed by atoms with Crippen molar-refractivity contribution >= 4 is 11.4 Å². The second-order valence-electron chi connectivity index (χ2n) is 10.3. The molecular formula is C29H23N5O3. The molecule has 0 aromatic heterocycles. The summed E-state index contributed by atoms with van der Waals surface area (Å²) in [5.74, 6) is -0.106. The topological polar surface area (TPSA) is 116 Å². The van der Waals surface area contributed by atoms with Gasteiger partial charge in [0.05, 0.1) is 10.6 Å². The van der Waals surface area contributed by atoms with E-state index in [2.05, 4.69) is 26.0 Å². The van der Waals surface area contributed by atoms with Gasteiger partial charge in [0.25, 0.3) is 11.2 Å². The van der Waals surface area contributed by atoms with Crippen LogP contribution < -0.4 is 0 Å². The molecule has 6 rings (SSSR count). The molecule has 2 aliphatic heterocycles. The van der Waals surface area contributed by atoms with Crippen LogP contribution in [0.25, 0.3) is 0 Å². The van der Waals surface area contributed by atoms with Gasteiger partial charge in [0.2, 0.25) is 0 Å². The Bertz CT molecular complexity index is 1510. The summed E-state index contributed by atoms with van der Waals surface area (Å²) in [6.07, 6.45) is -1.10. The number of nitro benzene ring substituents is 1. The smallest absolute Gasteiger partial charge is 0.269 e. The lowest BCUT2D eigenvalue weighted by molar-refractivity contribution is -0.385. The summed E-state index contributed by atoms with van der Waals surface area (Å²) < 4.78 is 6.88. The van der Waals surface area contributed by atoms with Gasteiger partial charge < -0.3 is 4.74 Å². The van der Waals surface area contributed by atoms with Gasteiger partial charge in [0.1, 0.15) is 18.2 Å². The SMILES string of the molecule is CC1(C)[C@@H]2C(c3ccccc3)=NN3C(C#N)(C#N)[C@@H](c4cccc([N+](=O)[O-])c4)O[C@@]3(c3ccccc3)[C@@H]21. The number of ether oxygens (including phenoxy) is 1. The van der Waals surface area contributed by atoms with Gasteiger partial charge >= 0.3 is 0 Å². The highest BCUT2D eigenvalue weighted by molar-refractivity contribution is 6.05. The van der Waals surface area contributed by atoms with Gasteiger partial charge in [-0.2, -0.15) is 15.6 Å². The maximum Gasteiger partial charge on any atom is 0.269 e. The Labute approximate surface area is 214 Å². The van der Waals surface area contributed by atoms with Crippen LogP contribution in [0.3, 0.4) is 0 Å². The number of nitrogens with zero attached hydrogens (tertiary/aromatic N) is 5. The standard InChI is InChI=1S/C29H23N5O3/c1-27(2)23-24(19-10-5-3-6-11-19)32-34-28(17-30,18-31)26(20-12-9-15-22(16-20)33(35)36)37-29(34,25(23)27)21-13-7-4-8-14-21/h3-16,23,25-26H,1-2H3/t23-,25+,26-,29+/m1/s1. The van der Waals surface area contributed by atoms with Crippen LogP contribution in [-0.2, 0) is 10.5 Å². The summed E-state index contributed by atoms with van der Waals surface area (Å²) >= 11 is 0. The van der Waals surface area contributed by atoms with Crippen LogP contribution in [0.2, 0.25) is 0 Å². The lowest BCUT2D eigenvalue weighted by Gasteiger charge is -2.41. The number of nitriles is 2. The number of rotatable bonds is 4. The zero-order chi connectivity index (χ0) is 26.0. The van der Waals surface area contributed by atoms with Gasteiger partial charge in [-0.05, 0) is 16.5 Å². The third kappa shape index (κ3) is 2.94. The van der Waals surface area contributed by atoms with Crippen molar-refractivity contribution in [1.82, 2.24) is 5.01 Å². The number of hydrazone groups is 1. The average molecular weight is 490 g/mol. The highest BCUT2D eigenvalue weighted by Gasteiger charge is 2.80. The Hall–Kier alpha value is -4.53. The fourth-order valence-corrected chi connectivity index (χ4v) is 6.34. The molecule has 3 aromatic rings. The van der Waals surface area contributed by atoms with E-state index in [0.717, 1.165) is 16.8 Å². The number of non-ortho nitro benzene ring substituents is 1. The number of nitro groups is 1. The van der Waals surface area contributed by atoms with Crippen molar-refractivity contribution in [3.8, 4) is 12.1 Å². The third-order valence-corrected chi connectivity index (χ3v) is 8.06. The van der Waals surface area contributed by atoms with Crippen LogP contribution in [0.15, 0.2) is 90.0 Å². The Morgan fingerprint density at radius 2 is 1.62 bits per heavy atom. The first-order valence-electron chi connectivity index (χ1n) is 12.1. The van der Waals surface area contributed by atoms with Crippen LogP contribution in [0.1, 0.15) is 36.6 Å². The molecule has 0 spiro atoms. The maximum absolute atomic E-state index is 11.6. The Kier molecular flexibility index (Phi) is 4.79. The Balaban J connectivity index is 1.64. The predicted molar refractivity (Wildman–Crippen MR) is 135 cm³/mol. The summed E-state index contributed by atoms with van der Waals surface area (Å²) in [4.78, 5) is 11.1. The second kappa shape index (κ2) is 7.73. The van der Waals surface area contributed by atoms with E-state index in [-0.39, 0.29) is 22.9 Å². The average Bonchev–Trinajstić information content (AvgIpc) is 3.39. The van der Waals surface area contributed by atoms with Crippen LogP contribution in [0, 0.1) is 50.0 Å². The molecule has 3 aliphatic rings. The van der Waals surface area contributed by atoms with E-state index in [1.807, 2.05) is 60.7 Å². The molecule has 2 heterocycles. The second-order valence-corrected chi connectivity index (χ2v) is 10.3. The molecule has 1 saturated heterocycles. The number of fused-ring (bicyclic) bond motifs is 3. The minimum atomic E-state index is -1.87. The molecule has 8 nitrogen and oxygen atoms in total. The molecule has 37 heavy (non-hydrogen) atoms. The van der Waals surface area contributed by atoms with Crippen molar-refractivity contribution in [2.45, 2.75) is 31.2 Å². The quantitative estimate of drug-likeness (QED) is 0.363. The van der Waals surface area contributed by atoms with Crippen molar-refractivity contribution in [2.75, 3.05) is 0 Å². The first-order chi connectivity index (χ1) is 17.8. The van der Waals surface area contributed by atoms with Gasteiger partial charge in [-0.25, -0.2) is 5.01 Å². The third-order valence-electron chi connectivity index (χ3n) is 8.06. The lowest BCUT2D eigenvalue weighted by atomic mass is 9.87. The van der Waals surface area contributed by atoms with E-state index in [1.165, 1.54) is 12.1 Å². The van der Waals surface area contributed by atoms with E-state index in [0.29, 0.717) is 5.56 Å². The molecule has 4 atom stereocenters. The van der Waals surface area contributed by atoms with Gasteiger partial charge in [0.15, 0.2) is 5.72 Å². The molecule has 0 amide bonds. The minimum absolute atomic E-state index is 0.0188. The van der Waals surface area contributed by atoms with Gasteiger partial charge in [-0.15, -0.1) is 0 Å². The van der Waals surface area contributed by atoms with Crippen molar-refractivity contribution < 1.29 is 9.66 Å². The summed E-state index contributed by atoms with van der Waals surface area (Å²) in [6, 6.07) is 29.7. The Morgan fingerprint density at radius 3 is 2.24 bits per heavy atom. The van der Waals surface area contributed by atoms with Crippen molar-refractivity contribution in [1.29, 1.82) is 10.5 Å². The summed E-state index contributed by atoms with van der Waals surface area (Å²) in [5, 5.41) is 39.4. The lowest BCUT2D eigenvalue weighted by Crippen LogP contribution is -2.53. The summed E-state index contributed by atoms with van der Waals surface area (Å²) in [7, 11) is 0. The summed E-state index contributed by atoms with van der Waals surface area (Å²) in [5.41, 5.74) is -0.574. The molecule has 1 aliphatic carbocycles. The highest BCUT2D eigenvalue weighted by atomic mass is 16.6. The van der Waals surface area contributed by atoms with Gasteiger partial charge in [0, 0.05) is 29.5 Å². The maximum atomic E-state index is 11.6. The van der Waals surface area contributed by atoms with E-state index in [4.69, 9.17) is 9.84 Å². The van der Waals surface area contributed by atoms with Crippen molar-refractivity contribution in [3.05, 3.63) is 112 Å². The first kappa shape index (κ1) is 22.9. The minimum Gasteiger partial charge on any atom is -0.337 e. The van der Waals surface area contributed by atoms with E-state index >= 15 is 0 Å². The molecule has 0 radical (unpaired) electrons. The fraction of sp³-hybridized carbons (Fsp3) is 0.276. The Morgan fingerprint density at radius 1 is 0.973 bits per heavy atom. The van der Waals surface area contributed by atoms with Crippen LogP contribution in [-0.4, -0.2) is 21.2 Å². The molecule has 0 unspecified atom stereocenters. The zero-order valence-electron chi connectivity index (χ0n) is 20.3. The molecule has 8 heteroatoms. The zero-order valence-corrected chi connectivity index (χ0v) is 20.3. The molecule has 2 fully saturated rings. The molecule has 1 saturated carbocycles. The van der Waals surface area contributed by atoms with Crippen molar-refractivity contribution in [3.63, 3.8) is 0 Å². The highest BCUT2D eigenvalue weighted by Crippen LogP contribution is 2.74. The molecule has 182 valence electrons. The van der Waals surface area contributed by atoms with Gasteiger partial charge in [-0.3, -0.25) is 10.1 Å². The molecule has 3 aromatic carbocycles. The normalized spacial score (nSPS) is 28.2. The van der Waals surface area contributed by atoms with E-state index in [9.17, 15) is 20.6 Å². The first-order valence-corrected chi connectivity index (χ1v) is 12.1. The van der Waals surface area contributed by atoms with Crippen LogP contribution in [0.4, 0.5) is 5.69 Å². The fourth-order valence-electron chi connectivity index (χ4n) is 6.34. The largest absolute Gasteiger partial charge is 0.337 e. The number of hydrogen-bond acceptors (Lipinski definition) is 7. The number of hydrogen-bond donors (Lipinski definition) is 0. The van der Waals surface area contributed by atoms with Crippen LogP contribution >= 0.6 is 0 Å². The predicted octanol–water partition coefficient (Wildman–Crippen LogP) is 5.30. The van der Waals surface area contributed by atoms with Gasteiger partial charge in [-0.1, -0.05) is 86.6 Å². The van der Waals surface area contributed by atoms with Crippen LogP contribution in [0.5, 0.6) is 0 Å². The van der Waals surface area contributed by atoms with Crippen molar-refractivity contribution in [2.24, 2.45) is 22.4 Å². The van der Waals surface area contributed by atoms with E-state index in [1.54, 1.807) is 17.1 Å². The molecule has 0 N–H and O–H groups in total. The van der Waals surface area contributed by atoms with E-state index < -0.39 is 22.3 Å². The number of benzene rings is 3. The summed E-state index contributed by atoms with van der Waals surface area (Å²) in [6.45, 7) is 4.30. The monoisotopic (exact) mass is 489 g/mol. The molecule has 0 bridgehead atoms. The molecular weight excluding hydrogens is 466 g/mol.